The van der Waals surface area contributed by atoms with Gasteiger partial charge in [-0.25, -0.2) is 19.0 Å². The SMILES string of the molecule is CC[C@@]1(O)C(=O)OCc2c1cc1n(c2=O)Cc2c-1nc1cc(F)c(C)c3c1c2[C@@H](NC(=O)CNC(=O)CNC(=O)CNC(=O)[C@H](Cc1ccccc1)NC(=O)CNC(=O)CN)CC3.O=C(O)C(F)(F)F. The standard InChI is InChI=1S/C43H46FN9O10.C2HF3O2/c1-3-43(62)26-12-31-39-24(19-53(31)41(60)25(26)20-63-42(43)61)38-28(10-9-23-21(2)27(44)13-29(52-39)37(23)38)50-35(57)18-48-33(55)15-47-34(56)16-49-40(59)30(11-22-7-5-4-6-8-22)51-36(58)17-46-32(54)14-45;3-2(4,5)1(6)7/h4-8,12-13,28,30,62H,3,9-11,14-20,45H2,1-2H3,(H,46,54)(H,47,56)(H,48,55)(H,49,59)(H,50,57)(H,51,58);(H,6,7)/t28-,30-,43-;/m0./s1. The van der Waals surface area contributed by atoms with Crippen molar-refractivity contribution in [2.75, 3.05) is 32.7 Å². The number of rotatable bonds is 15. The van der Waals surface area contributed by atoms with Crippen LogP contribution in [0.3, 0.4) is 0 Å². The Bertz CT molecular complexity index is 2860. The van der Waals surface area contributed by atoms with Crippen LogP contribution in [0, 0.1) is 12.7 Å². The number of nitrogens with zero attached hydrogens (tertiary/aromatic N) is 2. The average Bonchev–Trinajstić information content (AvgIpc) is 3.70. The Balaban J connectivity index is 0.00000107. The van der Waals surface area contributed by atoms with Gasteiger partial charge in [0.25, 0.3) is 5.56 Å². The van der Waals surface area contributed by atoms with E-state index in [-0.39, 0.29) is 43.7 Å². The van der Waals surface area contributed by atoms with Gasteiger partial charge in [-0.15, -0.1) is 0 Å². The third-order valence-corrected chi connectivity index (χ3v) is 11.8. The number of alkyl halides is 3. The Hall–Kier alpha value is -7.80. The second-order valence-corrected chi connectivity index (χ2v) is 16.3. The quantitative estimate of drug-likeness (QED) is 0.0468. The molecule has 0 fully saturated rings. The highest BCUT2D eigenvalue weighted by Gasteiger charge is 2.46. The van der Waals surface area contributed by atoms with Crippen molar-refractivity contribution >= 4 is 58.3 Å². The number of ether oxygens (including phenoxy) is 1. The predicted molar refractivity (Wildman–Crippen MR) is 235 cm³/mol. The third-order valence-electron chi connectivity index (χ3n) is 11.8. The molecule has 0 unspecified atom stereocenters. The van der Waals surface area contributed by atoms with E-state index >= 15 is 4.39 Å². The number of fused-ring (bicyclic) bond motifs is 5. The van der Waals surface area contributed by atoms with Crippen LogP contribution in [0.25, 0.3) is 22.3 Å². The molecule has 372 valence electrons. The molecule has 25 heteroatoms. The normalized spacial score (nSPS) is 16.7. The van der Waals surface area contributed by atoms with E-state index in [9.17, 15) is 56.6 Å². The van der Waals surface area contributed by atoms with Crippen LogP contribution in [0.4, 0.5) is 17.6 Å². The molecule has 21 nitrogen and oxygen atoms in total. The van der Waals surface area contributed by atoms with Gasteiger partial charge in [-0.1, -0.05) is 37.3 Å². The fourth-order valence-electron chi connectivity index (χ4n) is 8.27. The summed E-state index contributed by atoms with van der Waals surface area (Å²) in [6, 6.07) is 9.89. The third kappa shape index (κ3) is 11.2. The number of aryl methyl sites for hydroxylation is 1. The van der Waals surface area contributed by atoms with E-state index in [2.05, 4.69) is 31.9 Å². The zero-order valence-corrected chi connectivity index (χ0v) is 37.4. The number of aromatic nitrogens is 2. The van der Waals surface area contributed by atoms with Gasteiger partial charge in [0.1, 0.15) is 18.5 Å². The molecule has 1 aliphatic carbocycles. The first-order valence-corrected chi connectivity index (χ1v) is 21.6. The summed E-state index contributed by atoms with van der Waals surface area (Å²) >= 11 is 0. The number of esters is 1. The predicted octanol–water partition coefficient (Wildman–Crippen LogP) is -0.585. The van der Waals surface area contributed by atoms with Crippen LogP contribution < -0.4 is 43.2 Å². The summed E-state index contributed by atoms with van der Waals surface area (Å²) in [6.07, 6.45) is -4.31. The Morgan fingerprint density at radius 1 is 0.900 bits per heavy atom. The van der Waals surface area contributed by atoms with E-state index < -0.39 is 109 Å². The van der Waals surface area contributed by atoms with Crippen LogP contribution in [0.1, 0.15) is 64.8 Å². The van der Waals surface area contributed by atoms with Gasteiger partial charge < -0.3 is 57.2 Å². The number of cyclic esters (lactones) is 1. The molecule has 3 aliphatic rings. The number of pyridine rings is 2. The fraction of sp³-hybridized carbons (Fsp3) is 0.378. The summed E-state index contributed by atoms with van der Waals surface area (Å²) in [5.41, 5.74) is 7.06. The molecule has 4 heterocycles. The van der Waals surface area contributed by atoms with Crippen LogP contribution in [-0.4, -0.2) is 112 Å². The van der Waals surface area contributed by atoms with Crippen molar-refractivity contribution < 1.29 is 70.9 Å². The summed E-state index contributed by atoms with van der Waals surface area (Å²) in [4.78, 5) is 116. The molecular formula is C45H47F4N9O12. The zero-order chi connectivity index (χ0) is 51.2. The molecule has 0 spiro atoms. The van der Waals surface area contributed by atoms with E-state index in [4.69, 9.17) is 25.4 Å². The molecule has 2 aromatic heterocycles. The molecule has 2 aromatic carbocycles. The number of hydrogen-bond acceptors (Lipinski definition) is 13. The minimum Gasteiger partial charge on any atom is -0.475 e. The maximum Gasteiger partial charge on any atom is 0.490 e. The van der Waals surface area contributed by atoms with E-state index in [1.165, 1.54) is 10.6 Å². The van der Waals surface area contributed by atoms with Crippen molar-refractivity contribution in [2.24, 2.45) is 5.73 Å². The summed E-state index contributed by atoms with van der Waals surface area (Å²) < 4.78 is 53.7. The van der Waals surface area contributed by atoms with E-state index in [0.29, 0.717) is 62.9 Å². The van der Waals surface area contributed by atoms with Gasteiger partial charge in [0, 0.05) is 29.0 Å². The Morgan fingerprint density at radius 2 is 1.51 bits per heavy atom. The number of nitrogens with one attached hydrogen (secondary N) is 6. The number of nitrogens with two attached hydrogens (primary N) is 1. The topological polar surface area (TPSA) is 319 Å². The minimum absolute atomic E-state index is 0.0455. The number of carbonyl (C=O) groups is 8. The Morgan fingerprint density at radius 3 is 2.14 bits per heavy atom. The molecule has 0 saturated heterocycles. The molecule has 0 radical (unpaired) electrons. The maximum absolute atomic E-state index is 15.3. The lowest BCUT2D eigenvalue weighted by atomic mass is 9.81. The molecule has 7 rings (SSSR count). The number of carboxylic acids is 1. The summed E-state index contributed by atoms with van der Waals surface area (Å²) in [5.74, 6) is -8.02. The van der Waals surface area contributed by atoms with E-state index in [1.54, 1.807) is 50.2 Å². The summed E-state index contributed by atoms with van der Waals surface area (Å²) in [5, 5.41) is 34.1. The van der Waals surface area contributed by atoms with Crippen molar-refractivity contribution in [2.45, 2.75) is 76.5 Å². The van der Waals surface area contributed by atoms with Crippen molar-refractivity contribution in [1.82, 2.24) is 41.5 Å². The number of benzene rings is 2. The first kappa shape index (κ1) is 51.6. The molecular weight excluding hydrogens is 935 g/mol. The molecule has 0 saturated carbocycles. The van der Waals surface area contributed by atoms with E-state index in [1.807, 2.05) is 0 Å². The molecule has 10 N–H and O–H groups in total. The molecule has 70 heavy (non-hydrogen) atoms. The van der Waals surface area contributed by atoms with Gasteiger partial charge in [-0.05, 0) is 54.5 Å². The lowest BCUT2D eigenvalue weighted by Crippen LogP contribution is -2.52. The number of carboxylic acid groups (broad SMARTS) is 1. The molecule has 2 aliphatic heterocycles. The zero-order valence-electron chi connectivity index (χ0n) is 37.4. The van der Waals surface area contributed by atoms with Gasteiger partial charge in [-0.2, -0.15) is 13.2 Å². The van der Waals surface area contributed by atoms with Gasteiger partial charge in [0.15, 0.2) is 5.60 Å². The summed E-state index contributed by atoms with van der Waals surface area (Å²) in [6.45, 7) is 0.697. The minimum atomic E-state index is -5.08. The average molecular weight is 982 g/mol. The molecule has 0 bridgehead atoms. The summed E-state index contributed by atoms with van der Waals surface area (Å²) in [7, 11) is 0. The van der Waals surface area contributed by atoms with Crippen LogP contribution in [-0.2, 0) is 74.7 Å². The number of aliphatic carboxylic acids is 1. The Kier molecular flexibility index (Phi) is 15.6. The molecule has 6 amide bonds. The van der Waals surface area contributed by atoms with Crippen molar-refractivity contribution in [1.29, 1.82) is 0 Å². The van der Waals surface area contributed by atoms with Gasteiger partial charge in [-0.3, -0.25) is 33.6 Å². The highest BCUT2D eigenvalue weighted by molar-refractivity contribution is 5.95. The fourth-order valence-corrected chi connectivity index (χ4v) is 8.27. The smallest absolute Gasteiger partial charge is 0.475 e. The molecule has 4 aromatic rings. The lowest BCUT2D eigenvalue weighted by Gasteiger charge is -2.31. The van der Waals surface area contributed by atoms with Gasteiger partial charge in [0.2, 0.25) is 35.4 Å². The number of halogens is 4. The van der Waals surface area contributed by atoms with Crippen molar-refractivity contribution in [3.63, 3.8) is 0 Å². The van der Waals surface area contributed by atoms with Gasteiger partial charge in [0.05, 0.1) is 67.8 Å². The van der Waals surface area contributed by atoms with Crippen molar-refractivity contribution in [3.05, 3.63) is 97.6 Å². The second-order valence-electron chi connectivity index (χ2n) is 16.3. The highest BCUT2D eigenvalue weighted by Crippen LogP contribution is 2.46. The lowest BCUT2D eigenvalue weighted by molar-refractivity contribution is -0.192. The number of carbonyl (C=O) groups excluding carboxylic acids is 7. The van der Waals surface area contributed by atoms with Gasteiger partial charge >= 0.3 is 18.1 Å². The van der Waals surface area contributed by atoms with Crippen LogP contribution >= 0.6 is 0 Å². The Labute approximate surface area is 393 Å². The maximum atomic E-state index is 15.3. The number of aliphatic hydroxyl groups is 1. The van der Waals surface area contributed by atoms with Crippen molar-refractivity contribution in [3.8, 4) is 11.4 Å². The second kappa shape index (κ2) is 21.2. The van der Waals surface area contributed by atoms with Crippen LogP contribution in [0.15, 0.2) is 47.3 Å². The number of hydrogen-bond donors (Lipinski definition) is 9. The van der Waals surface area contributed by atoms with Crippen LogP contribution in [0.5, 0.6) is 0 Å². The number of amides is 6. The van der Waals surface area contributed by atoms with Crippen LogP contribution in [0.2, 0.25) is 0 Å². The highest BCUT2D eigenvalue weighted by atomic mass is 19.4. The monoisotopic (exact) mass is 981 g/mol. The largest absolute Gasteiger partial charge is 0.490 e. The van der Waals surface area contributed by atoms with E-state index in [0.717, 1.165) is 0 Å². The first-order valence-electron chi connectivity index (χ1n) is 21.6. The molecule has 3 atom stereocenters. The first-order chi connectivity index (χ1) is 33.1.